The predicted molar refractivity (Wildman–Crippen MR) is 80.9 cm³/mol. The molecule has 0 aliphatic rings. The highest BCUT2D eigenvalue weighted by Crippen LogP contribution is 2.30. The number of aryl methyl sites for hydroxylation is 2. The molecule has 0 atom stereocenters. The van der Waals surface area contributed by atoms with Crippen LogP contribution in [0.5, 0.6) is 0 Å². The van der Waals surface area contributed by atoms with Crippen LogP contribution < -0.4 is 0 Å². The molecular formula is C15H14N4O2S. The van der Waals surface area contributed by atoms with Crippen LogP contribution in [-0.4, -0.2) is 28.2 Å². The first-order valence-corrected chi connectivity index (χ1v) is 8.07. The Hall–Kier alpha value is -2.54. The van der Waals surface area contributed by atoms with Crippen LogP contribution in [0.25, 0.3) is 11.3 Å². The molecule has 0 amide bonds. The lowest BCUT2D eigenvalue weighted by Gasteiger charge is -2.07. The molecule has 0 aliphatic heterocycles. The van der Waals surface area contributed by atoms with E-state index in [-0.39, 0.29) is 9.79 Å². The van der Waals surface area contributed by atoms with Crippen molar-refractivity contribution in [3.63, 3.8) is 0 Å². The minimum atomic E-state index is -3.65. The molecule has 0 unspecified atom stereocenters. The Kier molecular flexibility index (Phi) is 3.50. The molecule has 2 aromatic heterocycles. The van der Waals surface area contributed by atoms with Crippen LogP contribution in [0.4, 0.5) is 0 Å². The largest absolute Gasteiger partial charge is 0.266 e. The number of aromatic nitrogens is 4. The van der Waals surface area contributed by atoms with E-state index in [1.165, 1.54) is 17.2 Å². The summed E-state index contributed by atoms with van der Waals surface area (Å²) in [5.74, 6) is 0. The smallest absolute Gasteiger partial charge is 0.210 e. The zero-order chi connectivity index (χ0) is 15.7. The Bertz CT molecular complexity index is 900. The van der Waals surface area contributed by atoms with Crippen molar-refractivity contribution in [2.75, 3.05) is 0 Å². The first kappa shape index (κ1) is 14.4. The van der Waals surface area contributed by atoms with Crippen LogP contribution in [0.2, 0.25) is 0 Å². The SMILES string of the molecule is Cc1ccc(S(=O)(=O)c2cnn(C)c2-c2cncnc2)cc1. The average Bonchev–Trinajstić information content (AvgIpc) is 2.91. The van der Waals surface area contributed by atoms with Crippen molar-refractivity contribution in [2.45, 2.75) is 16.7 Å². The number of nitrogens with zero attached hydrogens (tertiary/aromatic N) is 4. The molecule has 0 fully saturated rings. The number of benzene rings is 1. The summed E-state index contributed by atoms with van der Waals surface area (Å²) >= 11 is 0. The van der Waals surface area contributed by atoms with Crippen LogP contribution in [0, 0.1) is 6.92 Å². The van der Waals surface area contributed by atoms with E-state index in [0.717, 1.165) is 5.56 Å². The highest BCUT2D eigenvalue weighted by atomic mass is 32.2. The van der Waals surface area contributed by atoms with Gasteiger partial charge in [-0.1, -0.05) is 17.7 Å². The van der Waals surface area contributed by atoms with Gasteiger partial charge >= 0.3 is 0 Å². The third-order valence-corrected chi connectivity index (χ3v) is 5.13. The van der Waals surface area contributed by atoms with E-state index in [2.05, 4.69) is 15.1 Å². The van der Waals surface area contributed by atoms with Crippen LogP contribution in [0.1, 0.15) is 5.56 Å². The first-order chi connectivity index (χ1) is 10.5. The minimum Gasteiger partial charge on any atom is -0.266 e. The lowest BCUT2D eigenvalue weighted by molar-refractivity contribution is 0.596. The summed E-state index contributed by atoms with van der Waals surface area (Å²) in [6.07, 6.45) is 5.89. The van der Waals surface area contributed by atoms with Gasteiger partial charge in [0.05, 0.1) is 16.8 Å². The Morgan fingerprint density at radius 1 is 1.00 bits per heavy atom. The molecule has 3 aromatic rings. The molecule has 0 saturated heterocycles. The maximum atomic E-state index is 12.9. The van der Waals surface area contributed by atoms with Gasteiger partial charge in [-0.15, -0.1) is 0 Å². The van der Waals surface area contributed by atoms with Gasteiger partial charge in [0.2, 0.25) is 9.84 Å². The maximum absolute atomic E-state index is 12.9. The van der Waals surface area contributed by atoms with E-state index in [1.54, 1.807) is 43.7 Å². The van der Waals surface area contributed by atoms with Gasteiger partial charge in [-0.25, -0.2) is 18.4 Å². The number of sulfone groups is 1. The minimum absolute atomic E-state index is 0.147. The van der Waals surface area contributed by atoms with Gasteiger partial charge in [-0.05, 0) is 19.1 Å². The highest BCUT2D eigenvalue weighted by Gasteiger charge is 2.25. The summed E-state index contributed by atoms with van der Waals surface area (Å²) < 4.78 is 27.2. The molecule has 3 rings (SSSR count). The van der Waals surface area contributed by atoms with E-state index < -0.39 is 9.84 Å². The zero-order valence-corrected chi connectivity index (χ0v) is 12.9. The van der Waals surface area contributed by atoms with Crippen LogP contribution in [0.15, 0.2) is 59.0 Å². The van der Waals surface area contributed by atoms with E-state index in [0.29, 0.717) is 11.3 Å². The van der Waals surface area contributed by atoms with Crippen LogP contribution in [-0.2, 0) is 16.9 Å². The van der Waals surface area contributed by atoms with Gasteiger partial charge in [-0.2, -0.15) is 5.10 Å². The van der Waals surface area contributed by atoms with Crippen molar-refractivity contribution >= 4 is 9.84 Å². The zero-order valence-electron chi connectivity index (χ0n) is 12.1. The lowest BCUT2D eigenvalue weighted by Crippen LogP contribution is -2.04. The summed E-state index contributed by atoms with van der Waals surface area (Å²) in [4.78, 5) is 8.27. The summed E-state index contributed by atoms with van der Waals surface area (Å²) in [5.41, 5.74) is 2.08. The fraction of sp³-hybridized carbons (Fsp3) is 0.133. The Morgan fingerprint density at radius 2 is 1.64 bits per heavy atom. The second-order valence-electron chi connectivity index (χ2n) is 4.92. The van der Waals surface area contributed by atoms with Gasteiger partial charge < -0.3 is 0 Å². The van der Waals surface area contributed by atoms with Crippen molar-refractivity contribution in [3.05, 3.63) is 54.7 Å². The van der Waals surface area contributed by atoms with Gasteiger partial charge in [0.15, 0.2) is 0 Å². The monoisotopic (exact) mass is 314 g/mol. The average molecular weight is 314 g/mol. The van der Waals surface area contributed by atoms with Gasteiger partial charge in [-0.3, -0.25) is 4.68 Å². The van der Waals surface area contributed by atoms with Gasteiger partial charge in [0.25, 0.3) is 0 Å². The molecule has 0 bridgehead atoms. The lowest BCUT2D eigenvalue weighted by atomic mass is 10.2. The van der Waals surface area contributed by atoms with Crippen molar-refractivity contribution < 1.29 is 8.42 Å². The van der Waals surface area contributed by atoms with Crippen LogP contribution in [0.3, 0.4) is 0 Å². The van der Waals surface area contributed by atoms with Crippen molar-refractivity contribution in [1.82, 2.24) is 19.7 Å². The Morgan fingerprint density at radius 3 is 2.27 bits per heavy atom. The normalized spacial score (nSPS) is 11.5. The fourth-order valence-corrected chi connectivity index (χ4v) is 3.65. The Labute approximate surface area is 128 Å². The predicted octanol–water partition coefficient (Wildman–Crippen LogP) is 2.02. The topological polar surface area (TPSA) is 77.7 Å². The molecule has 0 saturated carbocycles. The third-order valence-electron chi connectivity index (χ3n) is 3.36. The molecule has 2 heterocycles. The van der Waals surface area contributed by atoms with E-state index in [1.807, 2.05) is 6.92 Å². The Balaban J connectivity index is 2.19. The molecular weight excluding hydrogens is 300 g/mol. The summed E-state index contributed by atoms with van der Waals surface area (Å²) in [5, 5.41) is 4.08. The van der Waals surface area contributed by atoms with Gasteiger partial charge in [0, 0.05) is 25.0 Å². The molecule has 0 N–H and O–H groups in total. The fourth-order valence-electron chi connectivity index (χ4n) is 2.21. The number of rotatable bonds is 3. The second-order valence-corrected chi connectivity index (χ2v) is 6.84. The second kappa shape index (κ2) is 5.34. The molecule has 6 nitrogen and oxygen atoms in total. The molecule has 1 aromatic carbocycles. The number of hydrogen-bond acceptors (Lipinski definition) is 5. The van der Waals surface area contributed by atoms with Crippen molar-refractivity contribution in [1.29, 1.82) is 0 Å². The van der Waals surface area contributed by atoms with Crippen molar-refractivity contribution in [3.8, 4) is 11.3 Å². The molecule has 0 aliphatic carbocycles. The van der Waals surface area contributed by atoms with Crippen LogP contribution >= 0.6 is 0 Å². The first-order valence-electron chi connectivity index (χ1n) is 6.59. The number of hydrogen-bond donors (Lipinski definition) is 0. The standard InChI is InChI=1S/C15H14N4O2S/c1-11-3-5-13(6-4-11)22(20,21)14-9-18-19(2)15(14)12-7-16-10-17-8-12/h3-10H,1-2H3. The summed E-state index contributed by atoms with van der Waals surface area (Å²) in [6, 6.07) is 6.75. The van der Waals surface area contributed by atoms with E-state index >= 15 is 0 Å². The quantitative estimate of drug-likeness (QED) is 0.739. The third kappa shape index (κ3) is 2.39. The van der Waals surface area contributed by atoms with E-state index in [9.17, 15) is 8.42 Å². The molecule has 22 heavy (non-hydrogen) atoms. The molecule has 0 spiro atoms. The molecule has 7 heteroatoms. The molecule has 0 radical (unpaired) electrons. The van der Waals surface area contributed by atoms with Gasteiger partial charge in [0.1, 0.15) is 11.2 Å². The van der Waals surface area contributed by atoms with Crippen molar-refractivity contribution in [2.24, 2.45) is 7.05 Å². The summed E-state index contributed by atoms with van der Waals surface area (Å²) in [6.45, 7) is 1.91. The maximum Gasteiger partial charge on any atom is 0.210 e. The highest BCUT2D eigenvalue weighted by molar-refractivity contribution is 7.91. The molecule has 112 valence electrons. The van der Waals surface area contributed by atoms with E-state index in [4.69, 9.17) is 0 Å². The summed E-state index contributed by atoms with van der Waals surface area (Å²) in [7, 11) is -1.96.